The molecule has 0 aliphatic carbocycles. The molecule has 0 spiro atoms. The summed E-state index contributed by atoms with van der Waals surface area (Å²) in [6.07, 6.45) is 2.72. The van der Waals surface area contributed by atoms with E-state index in [9.17, 15) is 5.21 Å². The number of benzene rings is 1. The average Bonchev–Trinajstić information content (AvgIpc) is 2.45. The smallest absolute Gasteiger partial charge is 0.245 e. The zero-order valence-electron chi connectivity index (χ0n) is 12.8. The topological polar surface area (TPSA) is 40.4 Å². The normalized spacial score (nSPS) is 16.4. The monoisotopic (exact) mass is 337 g/mol. The van der Waals surface area contributed by atoms with Crippen molar-refractivity contribution in [3.05, 3.63) is 47.8 Å². The Kier molecular flexibility index (Phi) is 5.47. The quantitative estimate of drug-likeness (QED) is 0.596. The van der Waals surface area contributed by atoms with Gasteiger partial charge in [0.05, 0.1) is 37.0 Å². The van der Waals surface area contributed by atoms with E-state index in [0.29, 0.717) is 6.54 Å². The fourth-order valence-electron chi connectivity index (χ4n) is 2.64. The third kappa shape index (κ3) is 3.80. The van der Waals surface area contributed by atoms with Gasteiger partial charge < -0.3 is 22.3 Å². The van der Waals surface area contributed by atoms with Crippen LogP contribution in [0.3, 0.4) is 0 Å². The first-order valence-corrected chi connectivity index (χ1v) is 7.99. The molecular formula is C16H20ClN3OS. The highest BCUT2D eigenvalue weighted by Crippen LogP contribution is 2.38. The molecule has 4 nitrogen and oxygen atoms in total. The van der Waals surface area contributed by atoms with Gasteiger partial charge in [0.2, 0.25) is 5.82 Å². The van der Waals surface area contributed by atoms with Crippen molar-refractivity contribution in [1.29, 1.82) is 0 Å². The molecular weight excluding hydrogens is 318 g/mol. The Balaban J connectivity index is 0.00000176. The van der Waals surface area contributed by atoms with E-state index in [1.165, 1.54) is 20.4 Å². The van der Waals surface area contributed by atoms with Crippen molar-refractivity contribution in [2.24, 2.45) is 0 Å². The standard InChI is InChI=1S/C16H19N3OS.ClH/c1-19(2,20)12-6-11-18-13-7-3-4-8-14(13)21-15-9-5-10-17-16(15)18;/h3-5,7-10H,6,11-12H2,1-2H3;1H. The maximum Gasteiger partial charge on any atom is 0.245 e. The predicted molar refractivity (Wildman–Crippen MR) is 84.9 cm³/mol. The lowest BCUT2D eigenvalue weighted by molar-refractivity contribution is -0.845. The molecule has 1 aliphatic rings. The summed E-state index contributed by atoms with van der Waals surface area (Å²) >= 11 is 1.78. The lowest BCUT2D eigenvalue weighted by atomic mass is 10.2. The minimum absolute atomic E-state index is 0. The molecule has 22 heavy (non-hydrogen) atoms. The van der Waals surface area contributed by atoms with Gasteiger partial charge in [-0.2, -0.15) is 0 Å². The van der Waals surface area contributed by atoms with Crippen LogP contribution in [0.15, 0.2) is 52.4 Å². The number of nitrogens with one attached hydrogen (secondary N) is 1. The van der Waals surface area contributed by atoms with Crippen LogP contribution in [0.2, 0.25) is 0 Å². The number of rotatable bonds is 4. The first-order chi connectivity index (χ1) is 10.0. The predicted octanol–water partition coefficient (Wildman–Crippen LogP) is -0.637. The molecule has 1 unspecified atom stereocenters. The first kappa shape index (κ1) is 17.2. The Bertz CT molecular complexity index is 600. The summed E-state index contributed by atoms with van der Waals surface area (Å²) in [5.74, 6) is 1.08. The third-order valence-corrected chi connectivity index (χ3v) is 4.74. The van der Waals surface area contributed by atoms with Gasteiger partial charge in [0.15, 0.2) is 5.69 Å². The van der Waals surface area contributed by atoms with Gasteiger partial charge in [-0.3, -0.25) is 4.90 Å². The number of hydrogen-bond donors (Lipinski definition) is 1. The van der Waals surface area contributed by atoms with Crippen LogP contribution >= 0.6 is 11.8 Å². The van der Waals surface area contributed by atoms with E-state index in [2.05, 4.69) is 35.3 Å². The molecule has 0 saturated heterocycles. The van der Waals surface area contributed by atoms with Gasteiger partial charge in [-0.15, -0.1) is 0 Å². The Morgan fingerprint density at radius 2 is 1.86 bits per heavy atom. The van der Waals surface area contributed by atoms with Gasteiger partial charge in [0.1, 0.15) is 0 Å². The summed E-state index contributed by atoms with van der Waals surface area (Å²) < 4.78 is -0.237. The average molecular weight is 338 g/mol. The highest BCUT2D eigenvalue weighted by Gasteiger charge is 2.29. The highest BCUT2D eigenvalue weighted by atomic mass is 35.5. The van der Waals surface area contributed by atoms with Gasteiger partial charge in [-0.1, -0.05) is 23.9 Å². The lowest BCUT2D eigenvalue weighted by Gasteiger charge is -2.34. The molecule has 0 amide bonds. The number of halogens is 1. The lowest BCUT2D eigenvalue weighted by Crippen LogP contribution is -3.03. The van der Waals surface area contributed by atoms with Crippen molar-refractivity contribution in [3.8, 4) is 0 Å². The second-order valence-corrected chi connectivity index (χ2v) is 6.91. The van der Waals surface area contributed by atoms with Crippen molar-refractivity contribution in [1.82, 2.24) is 4.98 Å². The summed E-state index contributed by atoms with van der Waals surface area (Å²) in [6.45, 7) is 1.52. The zero-order chi connectivity index (χ0) is 14.9. The summed E-state index contributed by atoms with van der Waals surface area (Å²) in [6, 6.07) is 12.6. The van der Waals surface area contributed by atoms with E-state index in [1.807, 2.05) is 12.3 Å². The van der Waals surface area contributed by atoms with Crippen molar-refractivity contribution in [2.75, 3.05) is 27.2 Å². The van der Waals surface area contributed by atoms with Crippen LogP contribution < -0.4 is 17.3 Å². The molecule has 3 rings (SSSR count). The number of hydrogen-bond acceptors (Lipinski definition) is 3. The molecule has 6 heteroatoms. The maximum atomic E-state index is 11.7. The zero-order valence-corrected chi connectivity index (χ0v) is 14.3. The van der Waals surface area contributed by atoms with Crippen LogP contribution in [-0.4, -0.2) is 36.8 Å². The number of fused-ring (bicyclic) bond motifs is 2. The van der Waals surface area contributed by atoms with Crippen LogP contribution in [-0.2, 0) is 0 Å². The number of pyridine rings is 1. The molecule has 1 aromatic carbocycles. The summed E-state index contributed by atoms with van der Waals surface area (Å²) in [5, 5.41) is 11.7. The molecule has 0 saturated carbocycles. The van der Waals surface area contributed by atoms with Crippen LogP contribution in [0.1, 0.15) is 6.42 Å². The van der Waals surface area contributed by atoms with Crippen LogP contribution in [0.5, 0.6) is 0 Å². The molecule has 1 N–H and O–H groups in total. The van der Waals surface area contributed by atoms with Crippen LogP contribution in [0.4, 0.5) is 11.5 Å². The van der Waals surface area contributed by atoms with E-state index < -0.39 is 0 Å². The second-order valence-electron chi connectivity index (χ2n) is 5.83. The fraction of sp³-hybridized carbons (Fsp3) is 0.312. The van der Waals surface area contributed by atoms with Crippen molar-refractivity contribution in [2.45, 2.75) is 16.2 Å². The van der Waals surface area contributed by atoms with E-state index in [1.54, 1.807) is 25.9 Å². The number of aromatic nitrogens is 1. The van der Waals surface area contributed by atoms with Crippen molar-refractivity contribution >= 4 is 23.3 Å². The molecule has 118 valence electrons. The van der Waals surface area contributed by atoms with Gasteiger partial charge >= 0.3 is 0 Å². The number of nitrogens with zero attached hydrogens (tertiary/aromatic N) is 2. The summed E-state index contributed by atoms with van der Waals surface area (Å²) in [7, 11) is 3.39. The minimum atomic E-state index is -0.237. The highest BCUT2D eigenvalue weighted by molar-refractivity contribution is 7.99. The molecule has 1 atom stereocenters. The molecule has 2 aromatic rings. The Morgan fingerprint density at radius 1 is 1.14 bits per heavy atom. The molecule has 1 aromatic heterocycles. The van der Waals surface area contributed by atoms with E-state index in [4.69, 9.17) is 0 Å². The third-order valence-electron chi connectivity index (χ3n) is 3.61. The van der Waals surface area contributed by atoms with Gasteiger partial charge in [0.25, 0.3) is 0 Å². The van der Waals surface area contributed by atoms with E-state index >= 15 is 0 Å². The van der Waals surface area contributed by atoms with Crippen molar-refractivity contribution < 1.29 is 22.0 Å². The van der Waals surface area contributed by atoms with Crippen LogP contribution in [0.25, 0.3) is 0 Å². The van der Waals surface area contributed by atoms with E-state index in [-0.39, 0.29) is 17.1 Å². The number of quaternary nitrogens is 2. The SMILES string of the molecule is C[N+](C)([O-])CCC[NH+]1c2ccccc2Sc2cccnc21.[Cl-]. The molecule has 0 fully saturated rings. The Labute approximate surface area is 141 Å². The molecule has 0 radical (unpaired) electrons. The minimum Gasteiger partial charge on any atom is -1.00 e. The van der Waals surface area contributed by atoms with Crippen LogP contribution in [0, 0.1) is 5.21 Å². The van der Waals surface area contributed by atoms with Crippen molar-refractivity contribution in [3.63, 3.8) is 0 Å². The number of hydroxylamine groups is 3. The first-order valence-electron chi connectivity index (χ1n) is 7.17. The van der Waals surface area contributed by atoms with E-state index in [0.717, 1.165) is 18.8 Å². The molecule has 2 heterocycles. The maximum absolute atomic E-state index is 11.7. The Hall–Kier alpha value is -1.11. The van der Waals surface area contributed by atoms with Gasteiger partial charge in [-0.25, -0.2) is 4.98 Å². The number of para-hydroxylation sites is 1. The molecule has 1 aliphatic heterocycles. The fourth-order valence-corrected chi connectivity index (χ4v) is 3.74. The molecule has 0 bridgehead atoms. The Morgan fingerprint density at radius 3 is 2.64 bits per heavy atom. The summed E-state index contributed by atoms with van der Waals surface area (Å²) in [4.78, 5) is 8.34. The largest absolute Gasteiger partial charge is 1.00 e. The summed E-state index contributed by atoms with van der Waals surface area (Å²) in [5.41, 5.74) is 1.27. The van der Waals surface area contributed by atoms with Gasteiger partial charge in [0, 0.05) is 18.7 Å². The second kappa shape index (κ2) is 6.98. The van der Waals surface area contributed by atoms with Gasteiger partial charge in [-0.05, 0) is 18.2 Å².